The highest BCUT2D eigenvalue weighted by Crippen LogP contribution is 2.28. The Morgan fingerprint density at radius 2 is 1.81 bits per heavy atom. The van der Waals surface area contributed by atoms with E-state index < -0.39 is 18.1 Å². The number of nitriles is 1. The van der Waals surface area contributed by atoms with E-state index in [1.54, 1.807) is 49.4 Å². The monoisotopic (exact) mass is 504 g/mol. The Bertz CT molecular complexity index is 1550. The van der Waals surface area contributed by atoms with Gasteiger partial charge in [-0.15, -0.1) is 0 Å². The number of nitrogens with zero attached hydrogens (tertiary/aromatic N) is 4. The van der Waals surface area contributed by atoms with Gasteiger partial charge in [-0.2, -0.15) is 19.1 Å². The summed E-state index contributed by atoms with van der Waals surface area (Å²) in [4.78, 5) is 28.1. The van der Waals surface area contributed by atoms with Crippen LogP contribution in [0.15, 0.2) is 71.5 Å². The molecule has 1 amide bonds. The molecule has 0 atom stereocenters. The molecule has 0 fully saturated rings. The Hall–Kier alpha value is -4.78. The van der Waals surface area contributed by atoms with Gasteiger partial charge in [0, 0.05) is 23.2 Å². The van der Waals surface area contributed by atoms with Gasteiger partial charge in [-0.05, 0) is 61.5 Å². The Morgan fingerprint density at radius 1 is 1.08 bits per heavy atom. The summed E-state index contributed by atoms with van der Waals surface area (Å²) in [5, 5.41) is 14.7. The van der Waals surface area contributed by atoms with Crippen LogP contribution in [-0.4, -0.2) is 36.0 Å². The molecular weight excluding hydrogens is 482 g/mol. The van der Waals surface area contributed by atoms with Crippen LogP contribution < -0.4 is 19.9 Å². The van der Waals surface area contributed by atoms with Crippen LogP contribution in [0.2, 0.25) is 0 Å². The Balaban J connectivity index is 1.76. The fourth-order valence-electron chi connectivity index (χ4n) is 3.97. The number of hydrogen-bond acceptors (Lipinski definition) is 6. The summed E-state index contributed by atoms with van der Waals surface area (Å²) in [7, 11) is 1.48. The smallest absolute Gasteiger partial charge is 0.387 e. The first-order valence-electron chi connectivity index (χ1n) is 11.3. The van der Waals surface area contributed by atoms with E-state index in [1.807, 2.05) is 0 Å². The number of methoxy groups -OCH3 is 1. The third-order valence-electron chi connectivity index (χ3n) is 5.71. The van der Waals surface area contributed by atoms with Crippen molar-refractivity contribution in [3.8, 4) is 28.8 Å². The minimum Gasteiger partial charge on any atom is -0.497 e. The van der Waals surface area contributed by atoms with Crippen LogP contribution in [-0.2, 0) is 11.3 Å². The number of fused-ring (bicyclic) bond motifs is 1. The van der Waals surface area contributed by atoms with Gasteiger partial charge >= 0.3 is 6.61 Å². The molecule has 0 aliphatic rings. The molecule has 0 aliphatic carbocycles. The molecule has 0 bridgehead atoms. The van der Waals surface area contributed by atoms with Gasteiger partial charge in [-0.3, -0.25) is 9.59 Å². The second kappa shape index (κ2) is 10.9. The molecule has 0 saturated carbocycles. The average Bonchev–Trinajstić information content (AvgIpc) is 2.91. The van der Waals surface area contributed by atoms with E-state index >= 15 is 0 Å². The van der Waals surface area contributed by atoms with Gasteiger partial charge in [0.05, 0.1) is 29.8 Å². The topological polar surface area (TPSA) is 97.5 Å². The number of carbonyl (C=O) groups is 1. The lowest BCUT2D eigenvalue weighted by atomic mass is 10.0. The maximum absolute atomic E-state index is 13.4. The van der Waals surface area contributed by atoms with Gasteiger partial charge in [-0.1, -0.05) is 12.1 Å². The van der Waals surface area contributed by atoms with E-state index in [9.17, 15) is 23.6 Å². The number of rotatable bonds is 8. The lowest BCUT2D eigenvalue weighted by Gasteiger charge is -2.22. The maximum atomic E-state index is 13.4. The van der Waals surface area contributed by atoms with Crippen molar-refractivity contribution in [2.75, 3.05) is 18.6 Å². The maximum Gasteiger partial charge on any atom is 0.387 e. The van der Waals surface area contributed by atoms with Crippen molar-refractivity contribution >= 4 is 22.4 Å². The van der Waals surface area contributed by atoms with Crippen LogP contribution in [0.1, 0.15) is 12.5 Å². The molecule has 0 spiro atoms. The zero-order chi connectivity index (χ0) is 26.5. The van der Waals surface area contributed by atoms with Gasteiger partial charge in [0.25, 0.3) is 5.56 Å². The number of hydrogen-bond donors (Lipinski definition) is 0. The molecule has 0 unspecified atom stereocenters. The summed E-state index contributed by atoms with van der Waals surface area (Å²) in [6, 6.07) is 19.5. The van der Waals surface area contributed by atoms with Gasteiger partial charge < -0.3 is 14.4 Å². The molecule has 1 heterocycles. The fourth-order valence-corrected chi connectivity index (χ4v) is 3.97. The Labute approximate surface area is 210 Å². The van der Waals surface area contributed by atoms with E-state index in [0.29, 0.717) is 39.0 Å². The summed E-state index contributed by atoms with van der Waals surface area (Å²) in [6.07, 6.45) is 0. The predicted octanol–water partition coefficient (Wildman–Crippen LogP) is 4.60. The van der Waals surface area contributed by atoms with E-state index in [-0.39, 0.29) is 18.8 Å². The third kappa shape index (κ3) is 5.41. The van der Waals surface area contributed by atoms with Crippen molar-refractivity contribution in [2.24, 2.45) is 0 Å². The Kier molecular flexibility index (Phi) is 7.44. The molecule has 4 aromatic rings. The molecule has 188 valence electrons. The number of halogens is 2. The summed E-state index contributed by atoms with van der Waals surface area (Å²) < 4.78 is 35.6. The van der Waals surface area contributed by atoms with Gasteiger partial charge in [0.2, 0.25) is 5.91 Å². The summed E-state index contributed by atoms with van der Waals surface area (Å²) >= 11 is 0. The second-order valence-corrected chi connectivity index (χ2v) is 7.93. The molecule has 1 aromatic heterocycles. The molecule has 0 aliphatic heterocycles. The molecule has 8 nitrogen and oxygen atoms in total. The van der Waals surface area contributed by atoms with E-state index in [1.165, 1.54) is 36.3 Å². The largest absolute Gasteiger partial charge is 0.497 e. The van der Waals surface area contributed by atoms with Crippen molar-refractivity contribution in [3.05, 3.63) is 82.6 Å². The number of likely N-dealkylation sites (N-methyl/N-ethyl adjacent to an activating group) is 1. The molecular formula is C27H22F2N4O4. The number of anilines is 1. The van der Waals surface area contributed by atoms with Crippen LogP contribution in [0.4, 0.5) is 14.5 Å². The molecule has 37 heavy (non-hydrogen) atoms. The second-order valence-electron chi connectivity index (χ2n) is 7.93. The fraction of sp³-hybridized carbons (Fsp3) is 0.185. The normalized spacial score (nSPS) is 10.8. The first-order chi connectivity index (χ1) is 17.8. The van der Waals surface area contributed by atoms with Crippen LogP contribution in [0.3, 0.4) is 0 Å². The molecule has 0 radical (unpaired) electrons. The van der Waals surface area contributed by atoms with Gasteiger partial charge in [-0.25, -0.2) is 4.68 Å². The molecule has 3 aromatic carbocycles. The first-order valence-corrected chi connectivity index (χ1v) is 11.3. The van der Waals surface area contributed by atoms with E-state index in [0.717, 1.165) is 4.68 Å². The summed E-state index contributed by atoms with van der Waals surface area (Å²) in [5.41, 5.74) is 1.42. The number of amides is 1. The SMILES string of the molecule is CCN(C(=O)Cn1nc(-c2cccc(C#N)c2)c2ccc(OC)cc2c1=O)c1ccc(OC(F)F)cc1. The number of ether oxygens (including phenoxy) is 2. The van der Waals surface area contributed by atoms with Gasteiger partial charge in [0.15, 0.2) is 0 Å². The minimum absolute atomic E-state index is 0.0344. The van der Waals surface area contributed by atoms with E-state index in [2.05, 4.69) is 15.9 Å². The van der Waals surface area contributed by atoms with Crippen molar-refractivity contribution in [1.29, 1.82) is 5.26 Å². The standard InChI is InChI=1S/C27H22F2N4O4/c1-3-32(19-7-9-20(10-8-19)37-27(28)29)24(34)16-33-26(35)23-14-21(36-2)11-12-22(23)25(31-33)18-6-4-5-17(13-18)15-30/h4-14,27H,3,16H2,1-2H3. The quantitative estimate of drug-likeness (QED) is 0.348. The highest BCUT2D eigenvalue weighted by Gasteiger charge is 2.20. The zero-order valence-corrected chi connectivity index (χ0v) is 20.0. The van der Waals surface area contributed by atoms with Crippen molar-refractivity contribution in [1.82, 2.24) is 9.78 Å². The molecule has 10 heteroatoms. The Morgan fingerprint density at radius 3 is 2.46 bits per heavy atom. The highest BCUT2D eigenvalue weighted by molar-refractivity contribution is 5.96. The van der Waals surface area contributed by atoms with E-state index in [4.69, 9.17) is 4.74 Å². The number of carbonyl (C=O) groups excluding carboxylic acids is 1. The number of aromatic nitrogens is 2. The first kappa shape index (κ1) is 25.3. The zero-order valence-electron chi connectivity index (χ0n) is 20.0. The van der Waals surface area contributed by atoms with Crippen LogP contribution >= 0.6 is 0 Å². The predicted molar refractivity (Wildman–Crippen MR) is 134 cm³/mol. The number of alkyl halides is 2. The lowest BCUT2D eigenvalue weighted by molar-refractivity contribution is -0.119. The van der Waals surface area contributed by atoms with Crippen molar-refractivity contribution in [3.63, 3.8) is 0 Å². The minimum atomic E-state index is -2.96. The molecule has 0 N–H and O–H groups in total. The van der Waals surface area contributed by atoms with Crippen molar-refractivity contribution < 1.29 is 23.0 Å². The third-order valence-corrected chi connectivity index (χ3v) is 5.71. The van der Waals surface area contributed by atoms with Crippen LogP contribution in [0.25, 0.3) is 22.0 Å². The molecule has 0 saturated heterocycles. The van der Waals surface area contributed by atoms with Crippen molar-refractivity contribution in [2.45, 2.75) is 20.1 Å². The highest BCUT2D eigenvalue weighted by atomic mass is 19.3. The van der Waals surface area contributed by atoms with Gasteiger partial charge in [0.1, 0.15) is 18.0 Å². The lowest BCUT2D eigenvalue weighted by Crippen LogP contribution is -2.37. The average molecular weight is 504 g/mol. The number of benzene rings is 3. The summed E-state index contributed by atoms with van der Waals surface area (Å²) in [5.74, 6) is -0.00171. The van der Waals surface area contributed by atoms with Crippen LogP contribution in [0.5, 0.6) is 11.5 Å². The van der Waals surface area contributed by atoms with Crippen LogP contribution in [0, 0.1) is 11.3 Å². The summed E-state index contributed by atoms with van der Waals surface area (Å²) in [6.45, 7) is -1.31. The molecule has 4 rings (SSSR count).